The monoisotopic (exact) mass is 213 g/mol. The molecule has 4 nitrogen and oxygen atoms in total. The first-order valence-electron chi connectivity index (χ1n) is 5.04. The number of rotatable bonds is 2. The molecule has 14 heavy (non-hydrogen) atoms. The lowest BCUT2D eigenvalue weighted by atomic mass is 10.1. The standard InChI is InChI=1S/C9H15N3OS/c1-7(13)8-10-11-9(14-8)12-5-3-2-4-6-12/h7,13H,2-6H2,1H3. The first-order chi connectivity index (χ1) is 6.77. The van der Waals surface area contributed by atoms with Gasteiger partial charge in [-0.3, -0.25) is 0 Å². The van der Waals surface area contributed by atoms with Crippen LogP contribution < -0.4 is 4.90 Å². The van der Waals surface area contributed by atoms with E-state index < -0.39 is 6.10 Å². The maximum Gasteiger partial charge on any atom is 0.208 e. The average molecular weight is 213 g/mol. The number of anilines is 1. The summed E-state index contributed by atoms with van der Waals surface area (Å²) in [5, 5.41) is 19.1. The van der Waals surface area contributed by atoms with E-state index in [2.05, 4.69) is 15.1 Å². The van der Waals surface area contributed by atoms with Crippen LogP contribution in [0, 0.1) is 0 Å². The van der Waals surface area contributed by atoms with Crippen LogP contribution in [0.4, 0.5) is 5.13 Å². The number of nitrogens with zero attached hydrogens (tertiary/aromatic N) is 3. The Balaban J connectivity index is 2.07. The maximum atomic E-state index is 9.32. The number of piperidine rings is 1. The van der Waals surface area contributed by atoms with Crippen LogP contribution in [-0.2, 0) is 0 Å². The molecule has 1 fully saturated rings. The van der Waals surface area contributed by atoms with Gasteiger partial charge in [-0.2, -0.15) is 0 Å². The van der Waals surface area contributed by atoms with E-state index in [4.69, 9.17) is 0 Å². The molecule has 0 amide bonds. The highest BCUT2D eigenvalue weighted by molar-refractivity contribution is 7.15. The van der Waals surface area contributed by atoms with Crippen molar-refractivity contribution in [3.63, 3.8) is 0 Å². The molecule has 2 rings (SSSR count). The summed E-state index contributed by atoms with van der Waals surface area (Å²) in [7, 11) is 0. The lowest BCUT2D eigenvalue weighted by Gasteiger charge is -2.25. The van der Waals surface area contributed by atoms with E-state index in [1.54, 1.807) is 6.92 Å². The SMILES string of the molecule is CC(O)c1nnc(N2CCCCC2)s1. The zero-order chi connectivity index (χ0) is 9.97. The highest BCUT2D eigenvalue weighted by atomic mass is 32.1. The van der Waals surface area contributed by atoms with Crippen molar-refractivity contribution >= 4 is 16.5 Å². The molecule has 1 aromatic rings. The first kappa shape index (κ1) is 9.86. The van der Waals surface area contributed by atoms with Gasteiger partial charge in [0.2, 0.25) is 5.13 Å². The summed E-state index contributed by atoms with van der Waals surface area (Å²) in [5.41, 5.74) is 0. The van der Waals surface area contributed by atoms with E-state index in [1.165, 1.54) is 30.6 Å². The largest absolute Gasteiger partial charge is 0.386 e. The summed E-state index contributed by atoms with van der Waals surface area (Å²) in [6.45, 7) is 3.88. The van der Waals surface area contributed by atoms with Gasteiger partial charge in [0.25, 0.3) is 0 Å². The van der Waals surface area contributed by atoms with Crippen LogP contribution in [0.25, 0.3) is 0 Å². The Bertz CT molecular complexity index is 294. The van der Waals surface area contributed by atoms with Crippen LogP contribution in [0.15, 0.2) is 0 Å². The van der Waals surface area contributed by atoms with E-state index in [0.29, 0.717) is 5.01 Å². The van der Waals surface area contributed by atoms with Crippen molar-refractivity contribution in [2.24, 2.45) is 0 Å². The van der Waals surface area contributed by atoms with Gasteiger partial charge >= 0.3 is 0 Å². The molecule has 0 spiro atoms. The predicted molar refractivity (Wildman–Crippen MR) is 56.6 cm³/mol. The van der Waals surface area contributed by atoms with Gasteiger partial charge in [-0.25, -0.2) is 0 Å². The van der Waals surface area contributed by atoms with Gasteiger partial charge < -0.3 is 10.0 Å². The highest BCUT2D eigenvalue weighted by Crippen LogP contribution is 2.26. The zero-order valence-corrected chi connectivity index (χ0v) is 9.13. The third-order valence-corrected chi connectivity index (χ3v) is 3.57. The summed E-state index contributed by atoms with van der Waals surface area (Å²) < 4.78 is 0. The Morgan fingerprint density at radius 2 is 2.00 bits per heavy atom. The van der Waals surface area contributed by atoms with Crippen molar-refractivity contribution in [3.8, 4) is 0 Å². The Hall–Kier alpha value is -0.680. The van der Waals surface area contributed by atoms with Crippen LogP contribution >= 0.6 is 11.3 Å². The molecular formula is C9H15N3OS. The molecule has 1 aliphatic heterocycles. The molecule has 0 bridgehead atoms. The van der Waals surface area contributed by atoms with Gasteiger partial charge in [0.15, 0.2) is 0 Å². The molecule has 0 aliphatic carbocycles. The van der Waals surface area contributed by atoms with Gasteiger partial charge in [0.05, 0.1) is 0 Å². The van der Waals surface area contributed by atoms with Crippen LogP contribution in [0.2, 0.25) is 0 Å². The zero-order valence-electron chi connectivity index (χ0n) is 8.31. The fourth-order valence-corrected chi connectivity index (χ4v) is 2.44. The van der Waals surface area contributed by atoms with E-state index in [0.717, 1.165) is 18.2 Å². The maximum absolute atomic E-state index is 9.32. The van der Waals surface area contributed by atoms with Crippen molar-refractivity contribution < 1.29 is 5.11 Å². The molecule has 1 N–H and O–H groups in total. The molecule has 1 aromatic heterocycles. The Kier molecular flexibility index (Phi) is 2.98. The molecule has 1 atom stereocenters. The minimum absolute atomic E-state index is 0.494. The first-order valence-corrected chi connectivity index (χ1v) is 5.85. The fraction of sp³-hybridized carbons (Fsp3) is 0.778. The summed E-state index contributed by atoms with van der Waals surface area (Å²) in [6.07, 6.45) is 3.30. The van der Waals surface area contributed by atoms with Crippen molar-refractivity contribution in [1.29, 1.82) is 0 Å². The second-order valence-corrected chi connectivity index (χ2v) is 4.63. The molecule has 0 saturated carbocycles. The normalized spacial score (nSPS) is 19.7. The molecule has 2 heterocycles. The Morgan fingerprint density at radius 3 is 2.57 bits per heavy atom. The molecule has 5 heteroatoms. The third kappa shape index (κ3) is 2.04. The van der Waals surface area contributed by atoms with Crippen molar-refractivity contribution in [2.45, 2.75) is 32.3 Å². The van der Waals surface area contributed by atoms with Crippen LogP contribution in [0.3, 0.4) is 0 Å². The minimum atomic E-state index is -0.494. The van der Waals surface area contributed by atoms with Gasteiger partial charge in [-0.1, -0.05) is 11.3 Å². The molecule has 78 valence electrons. The molecule has 1 unspecified atom stereocenters. The molecule has 1 saturated heterocycles. The lowest BCUT2D eigenvalue weighted by Crippen LogP contribution is -2.29. The summed E-state index contributed by atoms with van der Waals surface area (Å²) in [6, 6.07) is 0. The lowest BCUT2D eigenvalue weighted by molar-refractivity contribution is 0.198. The van der Waals surface area contributed by atoms with E-state index in [-0.39, 0.29) is 0 Å². The quantitative estimate of drug-likeness (QED) is 0.810. The predicted octanol–water partition coefficient (Wildman–Crippen LogP) is 1.58. The van der Waals surface area contributed by atoms with E-state index >= 15 is 0 Å². The van der Waals surface area contributed by atoms with Crippen molar-refractivity contribution in [2.75, 3.05) is 18.0 Å². The molecule has 1 aliphatic rings. The molecular weight excluding hydrogens is 198 g/mol. The highest BCUT2D eigenvalue weighted by Gasteiger charge is 2.16. The fourth-order valence-electron chi connectivity index (χ4n) is 1.61. The van der Waals surface area contributed by atoms with Crippen LogP contribution in [0.5, 0.6) is 0 Å². The number of aromatic nitrogens is 2. The molecule has 0 radical (unpaired) electrons. The van der Waals surface area contributed by atoms with E-state index in [1.807, 2.05) is 0 Å². The van der Waals surface area contributed by atoms with Crippen LogP contribution in [0.1, 0.15) is 37.3 Å². The smallest absolute Gasteiger partial charge is 0.208 e. The number of hydrogen-bond donors (Lipinski definition) is 1. The van der Waals surface area contributed by atoms with Crippen molar-refractivity contribution in [3.05, 3.63) is 5.01 Å². The summed E-state index contributed by atoms with van der Waals surface area (Å²) in [5.74, 6) is 0. The van der Waals surface area contributed by atoms with Gasteiger partial charge in [-0.05, 0) is 26.2 Å². The third-order valence-electron chi connectivity index (χ3n) is 2.41. The van der Waals surface area contributed by atoms with Crippen molar-refractivity contribution in [1.82, 2.24) is 10.2 Å². The average Bonchev–Trinajstić information content (AvgIpc) is 2.68. The topological polar surface area (TPSA) is 49.3 Å². The minimum Gasteiger partial charge on any atom is -0.386 e. The number of aliphatic hydroxyl groups is 1. The van der Waals surface area contributed by atoms with Crippen LogP contribution in [-0.4, -0.2) is 28.4 Å². The van der Waals surface area contributed by atoms with Gasteiger partial charge in [0, 0.05) is 13.1 Å². The van der Waals surface area contributed by atoms with Gasteiger partial charge in [-0.15, -0.1) is 10.2 Å². The Labute approximate surface area is 87.6 Å². The second-order valence-electron chi connectivity index (χ2n) is 3.65. The van der Waals surface area contributed by atoms with E-state index in [9.17, 15) is 5.11 Å². The Morgan fingerprint density at radius 1 is 1.29 bits per heavy atom. The summed E-state index contributed by atoms with van der Waals surface area (Å²) in [4.78, 5) is 2.26. The van der Waals surface area contributed by atoms with Gasteiger partial charge in [0.1, 0.15) is 11.1 Å². The second kappa shape index (κ2) is 4.23. The molecule has 0 aromatic carbocycles. The number of hydrogen-bond acceptors (Lipinski definition) is 5. The summed E-state index contributed by atoms with van der Waals surface area (Å²) >= 11 is 1.50. The number of aliphatic hydroxyl groups excluding tert-OH is 1.